The summed E-state index contributed by atoms with van der Waals surface area (Å²) in [6.07, 6.45) is 6.38. The normalized spacial score (nSPS) is 13.7. The summed E-state index contributed by atoms with van der Waals surface area (Å²) in [4.78, 5) is 35.6. The number of nitrogens with one attached hydrogen (secondary N) is 1. The molecule has 0 saturated carbocycles. The van der Waals surface area contributed by atoms with Crippen LogP contribution in [0.2, 0.25) is 0 Å². The summed E-state index contributed by atoms with van der Waals surface area (Å²) in [5.74, 6) is -0.249. The standard InChI is InChI=1S/C23H22N4O2/c28-22(25-19-7-3-1-4-8-19)21-16-24-15-20(26-21)17-9-11-18(12-10-17)23(29)27-13-5-2-6-14-27/h1,3-4,7-12,15-16H,2,5-6,13-14H2,(H,25,28). The number of para-hydroxylation sites is 1. The molecule has 4 rings (SSSR count). The lowest BCUT2D eigenvalue weighted by molar-refractivity contribution is 0.0724. The predicted octanol–water partition coefficient (Wildman–Crippen LogP) is 4.02. The van der Waals surface area contributed by atoms with E-state index in [9.17, 15) is 9.59 Å². The number of likely N-dealkylation sites (tertiary alicyclic amines) is 1. The number of amides is 2. The third-order valence-electron chi connectivity index (χ3n) is 4.97. The van der Waals surface area contributed by atoms with Crippen LogP contribution in [0, 0.1) is 0 Å². The molecule has 1 aliphatic rings. The molecule has 0 unspecified atom stereocenters. The predicted molar refractivity (Wildman–Crippen MR) is 112 cm³/mol. The van der Waals surface area contributed by atoms with Crippen molar-refractivity contribution in [2.45, 2.75) is 19.3 Å². The minimum Gasteiger partial charge on any atom is -0.339 e. The summed E-state index contributed by atoms with van der Waals surface area (Å²) in [5.41, 5.74) is 3.00. The molecule has 0 atom stereocenters. The Morgan fingerprint density at radius 1 is 0.862 bits per heavy atom. The van der Waals surface area contributed by atoms with Crippen LogP contribution in [0.3, 0.4) is 0 Å². The molecule has 2 heterocycles. The number of benzene rings is 2. The molecule has 0 spiro atoms. The van der Waals surface area contributed by atoms with Crippen molar-refractivity contribution in [3.05, 3.63) is 78.2 Å². The molecule has 1 aromatic heterocycles. The first kappa shape index (κ1) is 18.8. The van der Waals surface area contributed by atoms with Crippen molar-refractivity contribution in [2.75, 3.05) is 18.4 Å². The molecule has 1 saturated heterocycles. The van der Waals surface area contributed by atoms with Crippen LogP contribution in [0.5, 0.6) is 0 Å². The fourth-order valence-electron chi connectivity index (χ4n) is 3.39. The average molecular weight is 386 g/mol. The van der Waals surface area contributed by atoms with E-state index in [4.69, 9.17) is 0 Å². The molecule has 2 amide bonds. The first-order valence-electron chi connectivity index (χ1n) is 9.79. The smallest absolute Gasteiger partial charge is 0.275 e. The van der Waals surface area contributed by atoms with Crippen LogP contribution in [0.4, 0.5) is 5.69 Å². The summed E-state index contributed by atoms with van der Waals surface area (Å²) in [7, 11) is 0. The Balaban J connectivity index is 1.49. The van der Waals surface area contributed by atoms with E-state index >= 15 is 0 Å². The summed E-state index contributed by atoms with van der Waals surface area (Å²) >= 11 is 0. The maximum absolute atomic E-state index is 12.6. The minimum absolute atomic E-state index is 0.0679. The Hall–Kier alpha value is -3.54. The number of hydrogen-bond acceptors (Lipinski definition) is 4. The zero-order valence-electron chi connectivity index (χ0n) is 16.0. The zero-order valence-corrected chi connectivity index (χ0v) is 16.0. The summed E-state index contributed by atoms with van der Waals surface area (Å²) in [6, 6.07) is 16.5. The Labute approximate surface area is 169 Å². The third-order valence-corrected chi connectivity index (χ3v) is 4.97. The Morgan fingerprint density at radius 2 is 1.59 bits per heavy atom. The quantitative estimate of drug-likeness (QED) is 0.735. The molecule has 0 aliphatic carbocycles. The molecule has 1 N–H and O–H groups in total. The molecule has 1 fully saturated rings. The number of aromatic nitrogens is 2. The highest BCUT2D eigenvalue weighted by Gasteiger charge is 2.18. The first-order chi connectivity index (χ1) is 14.2. The van der Waals surface area contributed by atoms with Crippen molar-refractivity contribution in [1.29, 1.82) is 0 Å². The molecule has 6 nitrogen and oxygen atoms in total. The van der Waals surface area contributed by atoms with Crippen molar-refractivity contribution >= 4 is 17.5 Å². The van der Waals surface area contributed by atoms with Gasteiger partial charge in [-0.05, 0) is 43.5 Å². The van der Waals surface area contributed by atoms with Gasteiger partial charge >= 0.3 is 0 Å². The van der Waals surface area contributed by atoms with Crippen molar-refractivity contribution in [3.8, 4) is 11.3 Å². The number of carbonyl (C=O) groups is 2. The van der Waals surface area contributed by atoms with Crippen molar-refractivity contribution in [3.63, 3.8) is 0 Å². The fraction of sp³-hybridized carbons (Fsp3) is 0.217. The molecule has 0 bridgehead atoms. The van der Waals surface area contributed by atoms with Crippen LogP contribution in [0.1, 0.15) is 40.1 Å². The van der Waals surface area contributed by atoms with Gasteiger partial charge in [-0.3, -0.25) is 14.6 Å². The highest BCUT2D eigenvalue weighted by atomic mass is 16.2. The van der Waals surface area contributed by atoms with Gasteiger partial charge in [-0.1, -0.05) is 30.3 Å². The van der Waals surface area contributed by atoms with E-state index in [1.807, 2.05) is 59.5 Å². The first-order valence-corrected chi connectivity index (χ1v) is 9.79. The van der Waals surface area contributed by atoms with Crippen LogP contribution in [0.15, 0.2) is 67.0 Å². The zero-order chi connectivity index (χ0) is 20.1. The number of hydrogen-bond donors (Lipinski definition) is 1. The second-order valence-corrected chi connectivity index (χ2v) is 7.04. The average Bonchev–Trinajstić information content (AvgIpc) is 2.80. The van der Waals surface area contributed by atoms with Crippen LogP contribution in [-0.4, -0.2) is 39.8 Å². The van der Waals surface area contributed by atoms with E-state index in [1.165, 1.54) is 12.6 Å². The van der Waals surface area contributed by atoms with Crippen LogP contribution >= 0.6 is 0 Å². The Morgan fingerprint density at radius 3 is 2.31 bits per heavy atom. The molecular weight excluding hydrogens is 364 g/mol. The lowest BCUT2D eigenvalue weighted by Gasteiger charge is -2.26. The van der Waals surface area contributed by atoms with E-state index in [-0.39, 0.29) is 17.5 Å². The number of carbonyl (C=O) groups excluding carboxylic acids is 2. The van der Waals surface area contributed by atoms with E-state index in [0.717, 1.165) is 31.5 Å². The monoisotopic (exact) mass is 386 g/mol. The van der Waals surface area contributed by atoms with Gasteiger partial charge < -0.3 is 10.2 Å². The molecule has 1 aliphatic heterocycles. The highest BCUT2D eigenvalue weighted by molar-refractivity contribution is 6.03. The molecule has 6 heteroatoms. The van der Waals surface area contributed by atoms with E-state index in [2.05, 4.69) is 15.3 Å². The van der Waals surface area contributed by atoms with Gasteiger partial charge in [0, 0.05) is 29.9 Å². The Bertz CT molecular complexity index is 997. The lowest BCUT2D eigenvalue weighted by atomic mass is 10.1. The largest absolute Gasteiger partial charge is 0.339 e. The second kappa shape index (κ2) is 8.65. The molecule has 2 aromatic carbocycles. The number of piperidine rings is 1. The number of anilines is 1. The van der Waals surface area contributed by atoms with Crippen LogP contribution in [0.25, 0.3) is 11.3 Å². The SMILES string of the molecule is O=C(Nc1ccccc1)c1cncc(-c2ccc(C(=O)N3CCCCC3)cc2)n1. The van der Waals surface area contributed by atoms with Gasteiger partial charge in [-0.25, -0.2) is 4.98 Å². The van der Waals surface area contributed by atoms with Crippen LogP contribution in [-0.2, 0) is 0 Å². The van der Waals surface area contributed by atoms with Gasteiger partial charge in [0.2, 0.25) is 0 Å². The molecule has 3 aromatic rings. The van der Waals surface area contributed by atoms with E-state index in [1.54, 1.807) is 6.20 Å². The molecule has 29 heavy (non-hydrogen) atoms. The second-order valence-electron chi connectivity index (χ2n) is 7.04. The highest BCUT2D eigenvalue weighted by Crippen LogP contribution is 2.19. The molecule has 146 valence electrons. The van der Waals surface area contributed by atoms with Crippen molar-refractivity contribution in [2.24, 2.45) is 0 Å². The lowest BCUT2D eigenvalue weighted by Crippen LogP contribution is -2.35. The summed E-state index contributed by atoms with van der Waals surface area (Å²) < 4.78 is 0. The van der Waals surface area contributed by atoms with Gasteiger partial charge in [0.15, 0.2) is 0 Å². The van der Waals surface area contributed by atoms with Gasteiger partial charge in [0.1, 0.15) is 5.69 Å². The topological polar surface area (TPSA) is 75.2 Å². The summed E-state index contributed by atoms with van der Waals surface area (Å²) in [6.45, 7) is 1.65. The number of nitrogens with zero attached hydrogens (tertiary/aromatic N) is 3. The maximum Gasteiger partial charge on any atom is 0.275 e. The minimum atomic E-state index is -0.317. The number of rotatable bonds is 4. The fourth-order valence-corrected chi connectivity index (χ4v) is 3.39. The maximum atomic E-state index is 12.6. The van der Waals surface area contributed by atoms with Gasteiger partial charge in [0.25, 0.3) is 11.8 Å². The van der Waals surface area contributed by atoms with Gasteiger partial charge in [-0.2, -0.15) is 0 Å². The summed E-state index contributed by atoms with van der Waals surface area (Å²) in [5, 5.41) is 2.81. The van der Waals surface area contributed by atoms with Crippen molar-refractivity contribution < 1.29 is 9.59 Å². The van der Waals surface area contributed by atoms with Gasteiger partial charge in [-0.15, -0.1) is 0 Å². The molecule has 0 radical (unpaired) electrons. The Kier molecular flexibility index (Phi) is 5.61. The molecular formula is C23H22N4O2. The van der Waals surface area contributed by atoms with Gasteiger partial charge in [0.05, 0.1) is 18.1 Å². The van der Waals surface area contributed by atoms with Crippen LogP contribution < -0.4 is 5.32 Å². The van der Waals surface area contributed by atoms with E-state index < -0.39 is 0 Å². The van der Waals surface area contributed by atoms with Crippen molar-refractivity contribution in [1.82, 2.24) is 14.9 Å². The van der Waals surface area contributed by atoms with E-state index in [0.29, 0.717) is 16.9 Å². The third kappa shape index (κ3) is 4.48.